The number of nitrogens with one attached hydrogen (secondary N) is 1. The Morgan fingerprint density at radius 1 is 1.40 bits per heavy atom. The summed E-state index contributed by atoms with van der Waals surface area (Å²) < 4.78 is 0. The number of thiocarbonyl (C=S) groups is 1. The van der Waals surface area contributed by atoms with Gasteiger partial charge < -0.3 is 16.0 Å². The van der Waals surface area contributed by atoms with Crippen molar-refractivity contribution in [2.24, 2.45) is 5.73 Å². The fourth-order valence-corrected chi connectivity index (χ4v) is 2.78. The number of rotatable bonds is 4. The zero-order chi connectivity index (χ0) is 14.7. The molecule has 1 saturated heterocycles. The summed E-state index contributed by atoms with van der Waals surface area (Å²) in [6.07, 6.45) is 2.22. The van der Waals surface area contributed by atoms with Crippen LogP contribution in [0.1, 0.15) is 30.9 Å². The Labute approximate surface area is 125 Å². The van der Waals surface area contributed by atoms with Gasteiger partial charge in [0.2, 0.25) is 5.91 Å². The largest absolute Gasteiger partial charge is 0.389 e. The molecule has 1 aromatic rings. The molecule has 1 aromatic carbocycles. The minimum Gasteiger partial charge on any atom is -0.389 e. The van der Waals surface area contributed by atoms with Crippen molar-refractivity contribution < 1.29 is 4.79 Å². The molecule has 0 spiro atoms. The first-order valence-corrected chi connectivity index (χ1v) is 7.35. The number of hydrogen-bond donors (Lipinski definition) is 2. The smallest absolute Gasteiger partial charge is 0.244 e. The molecule has 1 atom stereocenters. The van der Waals surface area contributed by atoms with E-state index in [1.807, 2.05) is 36.9 Å². The summed E-state index contributed by atoms with van der Waals surface area (Å²) in [5.41, 5.74) is 8.46. The van der Waals surface area contributed by atoms with Crippen LogP contribution in [-0.2, 0) is 4.79 Å². The quantitative estimate of drug-likeness (QED) is 0.834. The van der Waals surface area contributed by atoms with E-state index in [4.69, 9.17) is 18.0 Å². The summed E-state index contributed by atoms with van der Waals surface area (Å²) in [4.78, 5) is 14.6. The van der Waals surface area contributed by atoms with Gasteiger partial charge in [0.05, 0.1) is 0 Å². The predicted octanol–water partition coefficient (Wildman–Crippen LogP) is 2.05. The van der Waals surface area contributed by atoms with Crippen molar-refractivity contribution in [3.8, 4) is 0 Å². The molecule has 1 aliphatic rings. The van der Waals surface area contributed by atoms with Crippen LogP contribution in [-0.4, -0.2) is 34.9 Å². The number of carbonyl (C=O) groups excluding carboxylic acids is 1. The molecule has 1 unspecified atom stereocenters. The summed E-state index contributed by atoms with van der Waals surface area (Å²) in [5, 5.41) is 3.25. The molecular formula is C15H21N3OS. The topological polar surface area (TPSA) is 58.4 Å². The van der Waals surface area contributed by atoms with Crippen LogP contribution in [0.15, 0.2) is 18.2 Å². The molecule has 0 bridgehead atoms. The lowest BCUT2D eigenvalue weighted by molar-refractivity contribution is -0.130. The number of nitrogens with zero attached hydrogens (tertiary/aromatic N) is 1. The Bertz CT molecular complexity index is 524. The Hall–Kier alpha value is -1.62. The minimum atomic E-state index is -0.219. The molecule has 5 heteroatoms. The fourth-order valence-electron chi connectivity index (χ4n) is 2.55. The zero-order valence-corrected chi connectivity index (χ0v) is 12.8. The van der Waals surface area contributed by atoms with Crippen LogP contribution in [0.25, 0.3) is 0 Å². The van der Waals surface area contributed by atoms with Crippen molar-refractivity contribution in [2.45, 2.75) is 32.7 Å². The molecule has 1 amide bonds. The van der Waals surface area contributed by atoms with E-state index in [2.05, 4.69) is 5.32 Å². The number of carbonyl (C=O) groups is 1. The number of anilines is 1. The molecule has 1 aliphatic heterocycles. The normalized spacial score (nSPS) is 16.0. The molecular weight excluding hydrogens is 270 g/mol. The minimum absolute atomic E-state index is 0.165. The van der Waals surface area contributed by atoms with E-state index in [1.54, 1.807) is 0 Å². The van der Waals surface area contributed by atoms with Gasteiger partial charge in [0.1, 0.15) is 11.0 Å². The van der Waals surface area contributed by atoms with Crippen LogP contribution < -0.4 is 11.1 Å². The van der Waals surface area contributed by atoms with E-state index in [0.29, 0.717) is 4.99 Å². The Balaban J connectivity index is 2.04. The second kappa shape index (κ2) is 6.22. The summed E-state index contributed by atoms with van der Waals surface area (Å²) in [5.74, 6) is 0.165. The average molecular weight is 291 g/mol. The maximum absolute atomic E-state index is 12.2. The molecule has 4 nitrogen and oxygen atoms in total. The van der Waals surface area contributed by atoms with Gasteiger partial charge in [0, 0.05) is 24.3 Å². The second-order valence-corrected chi connectivity index (χ2v) is 5.73. The first-order valence-electron chi connectivity index (χ1n) is 6.95. The van der Waals surface area contributed by atoms with E-state index in [1.165, 1.54) is 0 Å². The zero-order valence-electron chi connectivity index (χ0n) is 12.0. The molecule has 0 saturated carbocycles. The highest BCUT2D eigenvalue weighted by Gasteiger charge is 2.23. The average Bonchev–Trinajstić information content (AvgIpc) is 2.91. The third-order valence-corrected chi connectivity index (χ3v) is 3.88. The number of benzene rings is 1. The summed E-state index contributed by atoms with van der Waals surface area (Å²) >= 11 is 4.99. The van der Waals surface area contributed by atoms with Crippen molar-refractivity contribution in [2.75, 3.05) is 18.4 Å². The van der Waals surface area contributed by atoms with Gasteiger partial charge in [-0.05, 0) is 50.5 Å². The van der Waals surface area contributed by atoms with Crippen LogP contribution >= 0.6 is 12.2 Å². The molecule has 2 rings (SSSR count). The first-order chi connectivity index (χ1) is 9.49. The van der Waals surface area contributed by atoms with Gasteiger partial charge in [0.15, 0.2) is 0 Å². The molecule has 3 N–H and O–H groups in total. The standard InChI is InChI=1S/C15H21N3OS/c1-10-9-12(5-6-13(10)14(16)20)17-11(2)15(19)18-7-3-4-8-18/h5-6,9,11,17H,3-4,7-8H2,1-2H3,(H2,16,20). The fraction of sp³-hybridized carbons (Fsp3) is 0.467. The Kier molecular flexibility index (Phi) is 4.60. The highest BCUT2D eigenvalue weighted by molar-refractivity contribution is 7.80. The van der Waals surface area contributed by atoms with Crippen molar-refractivity contribution in [3.63, 3.8) is 0 Å². The van der Waals surface area contributed by atoms with Crippen molar-refractivity contribution >= 4 is 28.8 Å². The molecule has 1 fully saturated rings. The number of hydrogen-bond acceptors (Lipinski definition) is 3. The van der Waals surface area contributed by atoms with Crippen LogP contribution in [0.5, 0.6) is 0 Å². The first kappa shape index (κ1) is 14.8. The van der Waals surface area contributed by atoms with Gasteiger partial charge in [-0.1, -0.05) is 12.2 Å². The van der Waals surface area contributed by atoms with Crippen molar-refractivity contribution in [1.29, 1.82) is 0 Å². The number of aryl methyl sites for hydroxylation is 1. The highest BCUT2D eigenvalue weighted by Crippen LogP contribution is 2.17. The number of amides is 1. The van der Waals surface area contributed by atoms with Crippen molar-refractivity contribution in [1.82, 2.24) is 4.90 Å². The lowest BCUT2D eigenvalue weighted by Crippen LogP contribution is -2.39. The lowest BCUT2D eigenvalue weighted by atomic mass is 10.1. The maximum Gasteiger partial charge on any atom is 0.244 e. The van der Waals surface area contributed by atoms with Crippen LogP contribution in [0.3, 0.4) is 0 Å². The second-order valence-electron chi connectivity index (χ2n) is 5.29. The van der Waals surface area contributed by atoms with Crippen LogP contribution in [0.4, 0.5) is 5.69 Å². The number of nitrogens with two attached hydrogens (primary N) is 1. The van der Waals surface area contributed by atoms with E-state index in [0.717, 1.165) is 42.7 Å². The maximum atomic E-state index is 12.2. The lowest BCUT2D eigenvalue weighted by Gasteiger charge is -2.22. The SMILES string of the molecule is Cc1cc(NC(C)C(=O)N2CCCC2)ccc1C(N)=S. The summed E-state index contributed by atoms with van der Waals surface area (Å²) in [6, 6.07) is 5.56. The monoisotopic (exact) mass is 291 g/mol. The van der Waals surface area contributed by atoms with Crippen LogP contribution in [0, 0.1) is 6.92 Å². The molecule has 0 aliphatic carbocycles. The van der Waals surface area contributed by atoms with Gasteiger partial charge >= 0.3 is 0 Å². The van der Waals surface area contributed by atoms with E-state index >= 15 is 0 Å². The van der Waals surface area contributed by atoms with Crippen LogP contribution in [0.2, 0.25) is 0 Å². The van der Waals surface area contributed by atoms with Gasteiger partial charge in [-0.15, -0.1) is 0 Å². The van der Waals surface area contributed by atoms with Gasteiger partial charge in [-0.2, -0.15) is 0 Å². The summed E-state index contributed by atoms with van der Waals surface area (Å²) in [6.45, 7) is 5.62. The van der Waals surface area contributed by atoms with E-state index in [9.17, 15) is 4.79 Å². The van der Waals surface area contributed by atoms with Gasteiger partial charge in [-0.25, -0.2) is 0 Å². The molecule has 20 heavy (non-hydrogen) atoms. The Morgan fingerprint density at radius 3 is 2.60 bits per heavy atom. The molecule has 0 aromatic heterocycles. The molecule has 0 radical (unpaired) electrons. The number of likely N-dealkylation sites (tertiary alicyclic amines) is 1. The predicted molar refractivity (Wildman–Crippen MR) is 86.0 cm³/mol. The summed E-state index contributed by atoms with van der Waals surface area (Å²) in [7, 11) is 0. The molecule has 1 heterocycles. The third kappa shape index (κ3) is 3.28. The van der Waals surface area contributed by atoms with E-state index in [-0.39, 0.29) is 11.9 Å². The van der Waals surface area contributed by atoms with Crippen molar-refractivity contribution in [3.05, 3.63) is 29.3 Å². The Morgan fingerprint density at radius 2 is 2.05 bits per heavy atom. The van der Waals surface area contributed by atoms with Gasteiger partial charge in [0.25, 0.3) is 0 Å². The van der Waals surface area contributed by atoms with E-state index < -0.39 is 0 Å². The molecule has 108 valence electrons. The third-order valence-electron chi connectivity index (χ3n) is 3.66. The van der Waals surface area contributed by atoms with Gasteiger partial charge in [-0.3, -0.25) is 4.79 Å². The highest BCUT2D eigenvalue weighted by atomic mass is 32.1.